The molecule has 2 heterocycles. The minimum Gasteiger partial charge on any atom is -0.361 e. The summed E-state index contributed by atoms with van der Waals surface area (Å²) < 4.78 is 5.37. The fourth-order valence-electron chi connectivity index (χ4n) is 3.11. The lowest BCUT2D eigenvalue weighted by Gasteiger charge is -2.36. The van der Waals surface area contributed by atoms with Crippen molar-refractivity contribution in [1.82, 2.24) is 15.4 Å². The number of rotatable bonds is 4. The van der Waals surface area contributed by atoms with E-state index in [1.807, 2.05) is 19.1 Å². The summed E-state index contributed by atoms with van der Waals surface area (Å²) in [6.45, 7) is 7.86. The molecule has 0 saturated carbocycles. The molecule has 2 aromatic rings. The van der Waals surface area contributed by atoms with Gasteiger partial charge in [-0.25, -0.2) is 0 Å². The highest BCUT2D eigenvalue weighted by atomic mass is 35.5. The van der Waals surface area contributed by atoms with Crippen LogP contribution in [0.15, 0.2) is 28.8 Å². The van der Waals surface area contributed by atoms with Crippen LogP contribution in [-0.4, -0.2) is 29.7 Å². The van der Waals surface area contributed by atoms with Gasteiger partial charge in [0.05, 0.1) is 5.69 Å². The first-order valence-electron chi connectivity index (χ1n) is 7.84. The Morgan fingerprint density at radius 2 is 2.23 bits per heavy atom. The van der Waals surface area contributed by atoms with Crippen LogP contribution in [0.1, 0.15) is 35.5 Å². The van der Waals surface area contributed by atoms with Crippen molar-refractivity contribution in [1.29, 1.82) is 0 Å². The molecule has 118 valence electrons. The number of aromatic nitrogens is 1. The Kier molecular flexibility index (Phi) is 4.81. The summed E-state index contributed by atoms with van der Waals surface area (Å²) in [7, 11) is 0. The van der Waals surface area contributed by atoms with E-state index in [9.17, 15) is 0 Å². The fourth-order valence-corrected chi connectivity index (χ4v) is 3.37. The van der Waals surface area contributed by atoms with E-state index in [4.69, 9.17) is 16.1 Å². The largest absolute Gasteiger partial charge is 0.361 e. The third-order valence-electron chi connectivity index (χ3n) is 4.38. The maximum atomic E-state index is 6.41. The number of benzene rings is 1. The molecule has 1 fully saturated rings. The minimum atomic E-state index is 0.279. The van der Waals surface area contributed by atoms with E-state index in [0.29, 0.717) is 0 Å². The van der Waals surface area contributed by atoms with Gasteiger partial charge in [-0.15, -0.1) is 0 Å². The van der Waals surface area contributed by atoms with Gasteiger partial charge in [0, 0.05) is 42.8 Å². The van der Waals surface area contributed by atoms with E-state index < -0.39 is 0 Å². The Morgan fingerprint density at radius 1 is 1.41 bits per heavy atom. The van der Waals surface area contributed by atoms with E-state index in [1.165, 1.54) is 11.1 Å². The molecule has 0 aliphatic carbocycles. The highest BCUT2D eigenvalue weighted by molar-refractivity contribution is 6.31. The Hall–Kier alpha value is -1.36. The van der Waals surface area contributed by atoms with Gasteiger partial charge in [0.15, 0.2) is 0 Å². The van der Waals surface area contributed by atoms with E-state index in [2.05, 4.69) is 34.4 Å². The second-order valence-corrected chi connectivity index (χ2v) is 6.14. The minimum absolute atomic E-state index is 0.279. The molecule has 1 aromatic carbocycles. The van der Waals surface area contributed by atoms with Gasteiger partial charge in [0.25, 0.3) is 0 Å². The second-order valence-electron chi connectivity index (χ2n) is 5.73. The number of hydrogen-bond donors (Lipinski definition) is 1. The molecule has 1 aliphatic rings. The molecule has 1 N–H and O–H groups in total. The van der Waals surface area contributed by atoms with Crippen LogP contribution in [0.3, 0.4) is 0 Å². The van der Waals surface area contributed by atoms with Gasteiger partial charge >= 0.3 is 0 Å². The van der Waals surface area contributed by atoms with Gasteiger partial charge in [0.2, 0.25) is 0 Å². The number of nitrogens with zero attached hydrogens (tertiary/aromatic N) is 2. The van der Waals surface area contributed by atoms with Crippen LogP contribution in [0.4, 0.5) is 0 Å². The highest BCUT2D eigenvalue weighted by Gasteiger charge is 2.27. The molecule has 1 aliphatic heterocycles. The summed E-state index contributed by atoms with van der Waals surface area (Å²) in [5.74, 6) is 0.924. The maximum absolute atomic E-state index is 6.41. The molecule has 3 rings (SSSR count). The summed E-state index contributed by atoms with van der Waals surface area (Å²) in [5.41, 5.74) is 3.47. The second kappa shape index (κ2) is 6.82. The highest BCUT2D eigenvalue weighted by Crippen LogP contribution is 2.30. The molecular weight excluding hydrogens is 298 g/mol. The summed E-state index contributed by atoms with van der Waals surface area (Å²) in [5, 5.41) is 8.48. The Labute approximate surface area is 136 Å². The van der Waals surface area contributed by atoms with E-state index in [1.54, 1.807) is 0 Å². The average Bonchev–Trinajstić information content (AvgIpc) is 2.89. The van der Waals surface area contributed by atoms with Gasteiger partial charge in [-0.3, -0.25) is 4.90 Å². The number of hydrogen-bond acceptors (Lipinski definition) is 4. The van der Waals surface area contributed by atoms with Crippen LogP contribution in [0.2, 0.25) is 5.02 Å². The summed E-state index contributed by atoms with van der Waals surface area (Å²) >= 11 is 6.41. The first-order valence-corrected chi connectivity index (χ1v) is 8.21. The fraction of sp³-hybridized carbons (Fsp3) is 0.471. The van der Waals surface area contributed by atoms with E-state index in [-0.39, 0.29) is 6.04 Å². The zero-order valence-electron chi connectivity index (χ0n) is 13.1. The topological polar surface area (TPSA) is 41.3 Å². The standard InChI is InChI=1S/C17H22ClN3O/c1-3-16-14(12(2)22-20-16)11-21-9-8-19-10-17(21)13-6-4-5-7-15(13)18/h4-7,17,19H,3,8-11H2,1-2H3. The van der Waals surface area contributed by atoms with Gasteiger partial charge in [0.1, 0.15) is 5.76 Å². The Morgan fingerprint density at radius 3 is 3.00 bits per heavy atom. The van der Waals surface area contributed by atoms with Crippen LogP contribution < -0.4 is 5.32 Å². The number of halogens is 1. The maximum Gasteiger partial charge on any atom is 0.138 e. The molecule has 1 atom stereocenters. The average molecular weight is 320 g/mol. The predicted octanol–water partition coefficient (Wildman–Crippen LogP) is 3.35. The lowest BCUT2D eigenvalue weighted by atomic mass is 10.0. The first kappa shape index (κ1) is 15.5. The number of piperazine rings is 1. The van der Waals surface area contributed by atoms with Crippen molar-refractivity contribution in [2.75, 3.05) is 19.6 Å². The van der Waals surface area contributed by atoms with Crippen molar-refractivity contribution in [2.45, 2.75) is 32.9 Å². The number of aryl methyl sites for hydroxylation is 2. The zero-order chi connectivity index (χ0) is 15.5. The van der Waals surface area contributed by atoms with Crippen molar-refractivity contribution in [3.8, 4) is 0 Å². The van der Waals surface area contributed by atoms with Crippen LogP contribution in [0.5, 0.6) is 0 Å². The molecule has 1 aromatic heterocycles. The molecule has 0 amide bonds. The van der Waals surface area contributed by atoms with Gasteiger partial charge < -0.3 is 9.84 Å². The van der Waals surface area contributed by atoms with Crippen LogP contribution in [-0.2, 0) is 13.0 Å². The summed E-state index contributed by atoms with van der Waals surface area (Å²) in [6.07, 6.45) is 0.898. The lowest BCUT2D eigenvalue weighted by molar-refractivity contribution is 0.152. The number of nitrogens with one attached hydrogen (secondary N) is 1. The lowest BCUT2D eigenvalue weighted by Crippen LogP contribution is -2.45. The quantitative estimate of drug-likeness (QED) is 0.938. The molecule has 4 nitrogen and oxygen atoms in total. The van der Waals surface area contributed by atoms with Crippen molar-refractivity contribution in [3.63, 3.8) is 0 Å². The van der Waals surface area contributed by atoms with E-state index in [0.717, 1.165) is 49.1 Å². The third-order valence-corrected chi connectivity index (χ3v) is 4.72. The van der Waals surface area contributed by atoms with Crippen molar-refractivity contribution < 1.29 is 4.52 Å². The Balaban J connectivity index is 1.87. The van der Waals surface area contributed by atoms with Gasteiger partial charge in [-0.2, -0.15) is 0 Å². The molecular formula is C17H22ClN3O. The van der Waals surface area contributed by atoms with Crippen molar-refractivity contribution in [2.24, 2.45) is 0 Å². The molecule has 22 heavy (non-hydrogen) atoms. The molecule has 0 radical (unpaired) electrons. The van der Waals surface area contributed by atoms with Crippen LogP contribution in [0, 0.1) is 6.92 Å². The van der Waals surface area contributed by atoms with Crippen molar-refractivity contribution in [3.05, 3.63) is 51.9 Å². The molecule has 0 spiro atoms. The molecule has 1 saturated heterocycles. The van der Waals surface area contributed by atoms with Crippen LogP contribution in [0.25, 0.3) is 0 Å². The first-order chi connectivity index (χ1) is 10.7. The monoisotopic (exact) mass is 319 g/mol. The molecule has 0 bridgehead atoms. The normalized spacial score (nSPS) is 19.5. The van der Waals surface area contributed by atoms with E-state index >= 15 is 0 Å². The van der Waals surface area contributed by atoms with Crippen LogP contribution >= 0.6 is 11.6 Å². The molecule has 5 heteroatoms. The molecule has 1 unspecified atom stereocenters. The van der Waals surface area contributed by atoms with Crippen molar-refractivity contribution >= 4 is 11.6 Å². The smallest absolute Gasteiger partial charge is 0.138 e. The summed E-state index contributed by atoms with van der Waals surface area (Å²) in [4.78, 5) is 2.47. The Bertz CT molecular complexity index is 641. The third kappa shape index (κ3) is 3.05. The SMILES string of the molecule is CCc1noc(C)c1CN1CCNCC1c1ccccc1Cl. The summed E-state index contributed by atoms with van der Waals surface area (Å²) in [6, 6.07) is 8.39. The zero-order valence-corrected chi connectivity index (χ0v) is 13.9. The predicted molar refractivity (Wildman–Crippen MR) is 88.1 cm³/mol. The van der Waals surface area contributed by atoms with Gasteiger partial charge in [-0.05, 0) is 25.0 Å². The van der Waals surface area contributed by atoms with Gasteiger partial charge in [-0.1, -0.05) is 41.9 Å².